The molecule has 3 rings (SSSR count). The molecular weight excluding hydrogens is 474 g/mol. The van der Waals surface area contributed by atoms with Crippen LogP contribution in [0.3, 0.4) is 0 Å². The fourth-order valence-electron chi connectivity index (χ4n) is 2.90. The van der Waals surface area contributed by atoms with E-state index in [-0.39, 0.29) is 22.3 Å². The largest absolute Gasteiger partial charge is 0.427 e. The van der Waals surface area contributed by atoms with Crippen molar-refractivity contribution in [2.24, 2.45) is 0 Å². The Morgan fingerprint density at radius 3 is 2.31 bits per heavy atom. The first-order valence-corrected chi connectivity index (χ1v) is 9.52. The summed E-state index contributed by atoms with van der Waals surface area (Å²) in [5.41, 5.74) is -6.03. The van der Waals surface area contributed by atoms with Gasteiger partial charge in [-0.2, -0.15) is 30.7 Å². The third kappa shape index (κ3) is 4.18. The summed E-state index contributed by atoms with van der Waals surface area (Å²) < 4.78 is 108. The Hall–Kier alpha value is -3.03. The van der Waals surface area contributed by atoms with Gasteiger partial charge in [0, 0.05) is 13.0 Å². The first-order valence-electron chi connectivity index (χ1n) is 8.71. The molecule has 0 aliphatic heterocycles. The monoisotopic (exact) mass is 485 g/mol. The van der Waals surface area contributed by atoms with Crippen molar-refractivity contribution >= 4 is 22.2 Å². The second kappa shape index (κ2) is 8.15. The van der Waals surface area contributed by atoms with Gasteiger partial charge in [-0.05, 0) is 18.6 Å². The summed E-state index contributed by atoms with van der Waals surface area (Å²) in [7, 11) is 0. The molecule has 0 aliphatic carbocycles. The molecule has 1 N–H and O–H groups in total. The highest BCUT2D eigenvalue weighted by molar-refractivity contribution is 7.17. The van der Waals surface area contributed by atoms with Gasteiger partial charge < -0.3 is 5.32 Å². The molecule has 0 bridgehead atoms. The number of rotatable bonds is 4. The molecule has 0 radical (unpaired) electrons. The van der Waals surface area contributed by atoms with E-state index in [0.29, 0.717) is 6.07 Å². The Morgan fingerprint density at radius 1 is 1.09 bits per heavy atom. The average molecular weight is 485 g/mol. The number of carbonyl (C=O) groups is 1. The number of thiazole rings is 1. The van der Waals surface area contributed by atoms with Crippen LogP contribution in [0, 0.1) is 11.6 Å². The molecule has 0 aliphatic rings. The number of nitrogens with zero attached hydrogens (tertiary/aromatic N) is 2. The molecule has 5 nitrogen and oxygen atoms in total. The van der Waals surface area contributed by atoms with E-state index in [2.05, 4.69) is 10.3 Å². The Kier molecular flexibility index (Phi) is 6.02. The van der Waals surface area contributed by atoms with E-state index >= 15 is 0 Å². The number of benzene rings is 1. The van der Waals surface area contributed by atoms with Gasteiger partial charge in [0.1, 0.15) is 16.4 Å². The molecule has 0 saturated heterocycles. The number of nitrogens with one attached hydrogen (secondary N) is 1. The zero-order valence-corrected chi connectivity index (χ0v) is 16.6. The third-order valence-corrected chi connectivity index (χ3v) is 5.34. The van der Waals surface area contributed by atoms with Crippen molar-refractivity contribution < 1.29 is 39.9 Å². The summed E-state index contributed by atoms with van der Waals surface area (Å²) in [6.45, 7) is 1.31. The molecule has 0 saturated carbocycles. The number of hydrogen-bond donors (Lipinski definition) is 1. The van der Waals surface area contributed by atoms with Gasteiger partial charge in [-0.1, -0.05) is 23.5 Å². The van der Waals surface area contributed by atoms with Gasteiger partial charge >= 0.3 is 12.4 Å². The lowest BCUT2D eigenvalue weighted by atomic mass is 10.0. The first kappa shape index (κ1) is 23.6. The SMILES string of the molecule is CCNC(=O)c1c(C(F)(F)F)sc2nc(Cc3cccc(C(F)(F)F)c3F)c(F)c(=O)n12. The lowest BCUT2D eigenvalue weighted by Crippen LogP contribution is -2.31. The summed E-state index contributed by atoms with van der Waals surface area (Å²) in [6.07, 6.45) is -11.1. The van der Waals surface area contributed by atoms with Crippen molar-refractivity contribution in [3.63, 3.8) is 0 Å². The standard InChI is InChI=1S/C18H11F8N3O2S/c1-2-27-14(30)12-13(18(24,25)26)32-16-28-9(11(20)15(31)29(12)16)6-7-4-3-5-8(10(7)19)17(21,22)23/h3-5H,2,6H2,1H3,(H,27,30). The minimum absolute atomic E-state index is 0.0922. The van der Waals surface area contributed by atoms with Crippen molar-refractivity contribution in [3.8, 4) is 0 Å². The predicted octanol–water partition coefficient (Wildman–Crippen LogP) is 4.41. The average Bonchev–Trinajstić information content (AvgIpc) is 3.06. The van der Waals surface area contributed by atoms with Gasteiger partial charge in [-0.25, -0.2) is 13.8 Å². The maximum atomic E-state index is 14.7. The van der Waals surface area contributed by atoms with Crippen LogP contribution in [-0.4, -0.2) is 21.8 Å². The molecule has 2 heterocycles. The van der Waals surface area contributed by atoms with Crippen LogP contribution in [0.15, 0.2) is 23.0 Å². The molecule has 2 aromatic heterocycles. The van der Waals surface area contributed by atoms with Crippen molar-refractivity contribution in [2.75, 3.05) is 6.54 Å². The van der Waals surface area contributed by atoms with Gasteiger partial charge in [0.25, 0.3) is 11.5 Å². The maximum absolute atomic E-state index is 14.7. The molecule has 14 heteroatoms. The van der Waals surface area contributed by atoms with E-state index < -0.39 is 74.2 Å². The second-order valence-electron chi connectivity index (χ2n) is 6.39. The number of carbonyl (C=O) groups excluding carboxylic acids is 1. The van der Waals surface area contributed by atoms with Crippen LogP contribution in [-0.2, 0) is 18.8 Å². The van der Waals surface area contributed by atoms with Crippen LogP contribution in [0.25, 0.3) is 4.96 Å². The highest BCUT2D eigenvalue weighted by atomic mass is 32.1. The van der Waals surface area contributed by atoms with Crippen LogP contribution in [0.4, 0.5) is 35.1 Å². The summed E-state index contributed by atoms with van der Waals surface area (Å²) in [6, 6.07) is 2.20. The molecule has 0 unspecified atom stereocenters. The Bertz CT molecular complexity index is 1260. The minimum atomic E-state index is -5.09. The second-order valence-corrected chi connectivity index (χ2v) is 7.36. The Labute approximate surface area is 177 Å². The predicted molar refractivity (Wildman–Crippen MR) is 96.5 cm³/mol. The van der Waals surface area contributed by atoms with E-state index in [9.17, 15) is 44.7 Å². The smallest absolute Gasteiger partial charge is 0.351 e. The topological polar surface area (TPSA) is 63.5 Å². The Morgan fingerprint density at radius 2 is 1.75 bits per heavy atom. The van der Waals surface area contributed by atoms with Crippen molar-refractivity contribution in [1.82, 2.24) is 14.7 Å². The quantitative estimate of drug-likeness (QED) is 0.557. The van der Waals surface area contributed by atoms with Gasteiger partial charge in [0.2, 0.25) is 5.82 Å². The molecule has 32 heavy (non-hydrogen) atoms. The maximum Gasteiger partial charge on any atom is 0.427 e. The normalized spacial score (nSPS) is 12.4. The van der Waals surface area contributed by atoms with Gasteiger partial charge in [0.15, 0.2) is 4.96 Å². The van der Waals surface area contributed by atoms with E-state index in [0.717, 1.165) is 12.1 Å². The summed E-state index contributed by atoms with van der Waals surface area (Å²) in [5.74, 6) is -4.76. The molecular formula is C18H11F8N3O2S. The van der Waals surface area contributed by atoms with Crippen molar-refractivity contribution in [2.45, 2.75) is 25.7 Å². The lowest BCUT2D eigenvalue weighted by molar-refractivity contribution is -0.140. The minimum Gasteiger partial charge on any atom is -0.351 e. The van der Waals surface area contributed by atoms with E-state index in [4.69, 9.17) is 0 Å². The van der Waals surface area contributed by atoms with Crippen LogP contribution in [0.1, 0.15) is 39.1 Å². The highest BCUT2D eigenvalue weighted by Crippen LogP contribution is 2.38. The zero-order valence-electron chi connectivity index (χ0n) is 15.8. The number of fused-ring (bicyclic) bond motifs is 1. The van der Waals surface area contributed by atoms with Crippen molar-refractivity contribution in [1.29, 1.82) is 0 Å². The first-order chi connectivity index (χ1) is 14.8. The molecule has 172 valence electrons. The molecule has 0 atom stereocenters. The summed E-state index contributed by atoms with van der Waals surface area (Å²) in [4.78, 5) is 25.9. The third-order valence-electron chi connectivity index (χ3n) is 4.25. The van der Waals surface area contributed by atoms with Gasteiger partial charge in [-0.15, -0.1) is 0 Å². The van der Waals surface area contributed by atoms with Crippen LogP contribution >= 0.6 is 11.3 Å². The lowest BCUT2D eigenvalue weighted by Gasteiger charge is -2.11. The van der Waals surface area contributed by atoms with Gasteiger partial charge in [-0.3, -0.25) is 9.59 Å². The summed E-state index contributed by atoms with van der Waals surface area (Å²) in [5, 5.41) is 2.08. The molecule has 3 aromatic rings. The van der Waals surface area contributed by atoms with E-state index in [1.807, 2.05) is 0 Å². The summed E-state index contributed by atoms with van der Waals surface area (Å²) >= 11 is -0.130. The van der Waals surface area contributed by atoms with E-state index in [1.165, 1.54) is 6.92 Å². The number of aromatic nitrogens is 2. The van der Waals surface area contributed by atoms with E-state index in [1.54, 1.807) is 0 Å². The molecule has 0 spiro atoms. The number of amides is 1. The van der Waals surface area contributed by atoms with Crippen LogP contribution in [0.5, 0.6) is 0 Å². The fourth-order valence-corrected chi connectivity index (χ4v) is 3.90. The number of halogens is 8. The number of hydrogen-bond acceptors (Lipinski definition) is 4. The fraction of sp³-hybridized carbons (Fsp3) is 0.278. The van der Waals surface area contributed by atoms with Crippen LogP contribution < -0.4 is 10.9 Å². The zero-order chi connectivity index (χ0) is 24.0. The highest BCUT2D eigenvalue weighted by Gasteiger charge is 2.41. The molecule has 1 aromatic carbocycles. The molecule has 0 fully saturated rings. The van der Waals surface area contributed by atoms with Crippen molar-refractivity contribution in [3.05, 3.63) is 67.6 Å². The van der Waals surface area contributed by atoms with Crippen LogP contribution in [0.2, 0.25) is 0 Å². The molecule has 1 amide bonds. The Balaban J connectivity index is 2.22. The number of alkyl halides is 6. The van der Waals surface area contributed by atoms with Gasteiger partial charge in [0.05, 0.1) is 11.3 Å².